The van der Waals surface area contributed by atoms with Crippen LogP contribution >= 0.6 is 11.3 Å². The summed E-state index contributed by atoms with van der Waals surface area (Å²) >= 11 is 1.65. The van der Waals surface area contributed by atoms with Gasteiger partial charge in [0.15, 0.2) is 0 Å². The molecule has 3 N–H and O–H groups in total. The van der Waals surface area contributed by atoms with Crippen molar-refractivity contribution >= 4 is 55.8 Å². The highest BCUT2D eigenvalue weighted by Gasteiger charge is 2.30. The van der Waals surface area contributed by atoms with E-state index in [-0.39, 0.29) is 17.7 Å². The smallest absolute Gasteiger partial charge is 0.225 e. The zero-order valence-electron chi connectivity index (χ0n) is 23.0. The quantitative estimate of drug-likeness (QED) is 0.256. The predicted octanol–water partition coefficient (Wildman–Crippen LogP) is 4.58. The lowest BCUT2D eigenvalue weighted by atomic mass is 9.87. The number of hydrogen-bond acceptors (Lipinski definition) is 8. The number of nitrogens with one attached hydrogen (secondary N) is 3. The van der Waals surface area contributed by atoms with E-state index in [9.17, 15) is 9.59 Å². The maximum absolute atomic E-state index is 12.6. The molecule has 2 aliphatic rings. The SMILES string of the molecule is CN(C)C(=O)[C@H]1CCc2c(sc3ncnc(Nc4cc5cn[nH]c5cc4OCCNC(=O)CC4CCCC4)c23)C1. The number of H-pyrrole nitrogens is 1. The first-order valence-electron chi connectivity index (χ1n) is 14.1. The van der Waals surface area contributed by atoms with Crippen molar-refractivity contribution in [2.75, 3.05) is 32.6 Å². The predicted molar refractivity (Wildman–Crippen MR) is 156 cm³/mol. The van der Waals surface area contributed by atoms with Crippen molar-refractivity contribution in [3.05, 3.63) is 35.1 Å². The van der Waals surface area contributed by atoms with Crippen molar-refractivity contribution in [1.82, 2.24) is 30.4 Å². The van der Waals surface area contributed by atoms with Crippen LogP contribution in [0.4, 0.5) is 11.5 Å². The van der Waals surface area contributed by atoms with E-state index in [0.29, 0.717) is 31.2 Å². The van der Waals surface area contributed by atoms with Gasteiger partial charge in [0.25, 0.3) is 0 Å². The second-order valence-corrected chi connectivity index (χ2v) is 12.1. The van der Waals surface area contributed by atoms with Gasteiger partial charge in [0.1, 0.15) is 29.3 Å². The van der Waals surface area contributed by atoms with Gasteiger partial charge in [-0.2, -0.15) is 5.10 Å². The molecule has 0 unspecified atom stereocenters. The number of aromatic nitrogens is 4. The molecule has 0 aliphatic heterocycles. The topological polar surface area (TPSA) is 125 Å². The van der Waals surface area contributed by atoms with E-state index in [4.69, 9.17) is 4.74 Å². The Morgan fingerprint density at radius 1 is 1.18 bits per heavy atom. The zero-order chi connectivity index (χ0) is 27.6. The molecular weight excluding hydrogens is 526 g/mol. The van der Waals surface area contributed by atoms with Crippen LogP contribution < -0.4 is 15.4 Å². The Labute approximate surface area is 236 Å². The fraction of sp³-hybridized carbons (Fsp3) is 0.483. The number of hydrogen-bond donors (Lipinski definition) is 3. The van der Waals surface area contributed by atoms with Crippen molar-refractivity contribution < 1.29 is 14.3 Å². The molecule has 4 aromatic rings. The molecule has 2 aliphatic carbocycles. The Morgan fingerprint density at radius 2 is 2.02 bits per heavy atom. The summed E-state index contributed by atoms with van der Waals surface area (Å²) in [5.41, 5.74) is 2.86. The molecule has 0 spiro atoms. The van der Waals surface area contributed by atoms with Crippen LogP contribution in [0.1, 0.15) is 49.0 Å². The first-order valence-corrected chi connectivity index (χ1v) is 14.9. The van der Waals surface area contributed by atoms with Gasteiger partial charge in [-0.05, 0) is 49.7 Å². The number of aryl methyl sites for hydroxylation is 1. The molecular formula is C29H35N7O3S. The molecule has 3 aromatic heterocycles. The highest BCUT2D eigenvalue weighted by atomic mass is 32.1. The van der Waals surface area contributed by atoms with Crippen molar-refractivity contribution in [3.63, 3.8) is 0 Å². The van der Waals surface area contributed by atoms with Gasteiger partial charge in [0.2, 0.25) is 11.8 Å². The van der Waals surface area contributed by atoms with Crippen LogP contribution in [0.15, 0.2) is 24.7 Å². The standard InChI is InChI=1S/C29H35N7O3S/c1-36(2)29(38)18-7-8-20-24(13-18)40-28-26(20)27(31-16-32-28)34-22-12-19-15-33-35-21(19)14-23(22)39-10-9-30-25(37)11-17-5-3-4-6-17/h12,14-18H,3-11,13H2,1-2H3,(H,30,37)(H,33,35)(H,31,32,34)/t18-/m0/s1. The maximum Gasteiger partial charge on any atom is 0.225 e. The van der Waals surface area contributed by atoms with E-state index in [0.717, 1.165) is 64.7 Å². The number of rotatable bonds is 9. The molecule has 2 amide bonds. The number of benzene rings is 1. The van der Waals surface area contributed by atoms with Crippen molar-refractivity contribution in [3.8, 4) is 5.75 Å². The van der Waals surface area contributed by atoms with E-state index >= 15 is 0 Å². The summed E-state index contributed by atoms with van der Waals surface area (Å²) < 4.78 is 6.17. The summed E-state index contributed by atoms with van der Waals surface area (Å²) in [5.74, 6) is 2.16. The minimum Gasteiger partial charge on any atom is -0.489 e. The van der Waals surface area contributed by atoms with Crippen molar-refractivity contribution in [1.29, 1.82) is 0 Å². The first-order chi connectivity index (χ1) is 19.5. The number of carbonyl (C=O) groups is 2. The number of thiophene rings is 1. The molecule has 6 rings (SSSR count). The number of carbonyl (C=O) groups excluding carboxylic acids is 2. The molecule has 0 bridgehead atoms. The summed E-state index contributed by atoms with van der Waals surface area (Å²) in [5, 5.41) is 15.6. The van der Waals surface area contributed by atoms with Crippen molar-refractivity contribution in [2.45, 2.75) is 51.4 Å². The molecule has 11 heteroatoms. The summed E-state index contributed by atoms with van der Waals surface area (Å²) in [6.45, 7) is 0.785. The van der Waals surface area contributed by atoms with Crippen molar-refractivity contribution in [2.24, 2.45) is 11.8 Å². The van der Waals surface area contributed by atoms with E-state index in [2.05, 4.69) is 30.8 Å². The minimum absolute atomic E-state index is 0.00193. The van der Waals surface area contributed by atoms with Crippen LogP contribution in [0.2, 0.25) is 0 Å². The number of nitrogens with zero attached hydrogens (tertiary/aromatic N) is 4. The fourth-order valence-corrected chi connectivity index (χ4v) is 7.26. The van der Waals surface area contributed by atoms with Gasteiger partial charge in [-0.1, -0.05) is 12.8 Å². The third-order valence-corrected chi connectivity index (χ3v) is 9.22. The molecule has 0 radical (unpaired) electrons. The first kappa shape index (κ1) is 26.5. The molecule has 1 atom stereocenters. The van der Waals surface area contributed by atoms with Gasteiger partial charge in [-0.15, -0.1) is 11.3 Å². The van der Waals surface area contributed by atoms with Gasteiger partial charge in [-0.3, -0.25) is 14.7 Å². The Bertz CT molecular complexity index is 1540. The van der Waals surface area contributed by atoms with E-state index in [1.54, 1.807) is 28.8 Å². The maximum atomic E-state index is 12.6. The number of amides is 2. The van der Waals surface area contributed by atoms with Crippen LogP contribution in [0.3, 0.4) is 0 Å². The van der Waals surface area contributed by atoms with Crippen LogP contribution in [-0.2, 0) is 22.4 Å². The number of anilines is 2. The minimum atomic E-state index is 0.00193. The lowest BCUT2D eigenvalue weighted by Gasteiger charge is -2.24. The summed E-state index contributed by atoms with van der Waals surface area (Å²) in [6, 6.07) is 3.91. The fourth-order valence-electron chi connectivity index (χ4n) is 6.00. The van der Waals surface area contributed by atoms with Crippen LogP contribution in [0.25, 0.3) is 21.1 Å². The van der Waals surface area contributed by atoms with Gasteiger partial charge in [0.05, 0.1) is 29.3 Å². The largest absolute Gasteiger partial charge is 0.489 e. The van der Waals surface area contributed by atoms with E-state index < -0.39 is 0 Å². The monoisotopic (exact) mass is 561 g/mol. The molecule has 10 nitrogen and oxygen atoms in total. The van der Waals surface area contributed by atoms with Crippen LogP contribution in [0, 0.1) is 11.8 Å². The molecule has 1 saturated carbocycles. The summed E-state index contributed by atoms with van der Waals surface area (Å²) in [4.78, 5) is 37.9. The molecule has 0 saturated heterocycles. The number of aromatic amines is 1. The van der Waals surface area contributed by atoms with Crippen LogP contribution in [-0.4, -0.2) is 64.1 Å². The molecule has 1 aromatic carbocycles. The van der Waals surface area contributed by atoms with Gasteiger partial charge < -0.3 is 20.3 Å². The zero-order valence-corrected chi connectivity index (χ0v) is 23.8. The molecule has 210 valence electrons. The average Bonchev–Trinajstić information content (AvgIpc) is 3.70. The highest BCUT2D eigenvalue weighted by Crippen LogP contribution is 2.42. The Balaban J connectivity index is 1.20. The lowest BCUT2D eigenvalue weighted by Crippen LogP contribution is -2.32. The average molecular weight is 562 g/mol. The second-order valence-electron chi connectivity index (χ2n) is 11.1. The van der Waals surface area contributed by atoms with Gasteiger partial charge >= 0.3 is 0 Å². The Kier molecular flexibility index (Phi) is 7.55. The van der Waals surface area contributed by atoms with E-state index in [1.165, 1.54) is 23.3 Å². The Morgan fingerprint density at radius 3 is 2.85 bits per heavy atom. The number of fused-ring (bicyclic) bond motifs is 4. The third kappa shape index (κ3) is 5.47. The number of ether oxygens (including phenoxy) is 1. The lowest BCUT2D eigenvalue weighted by molar-refractivity contribution is -0.133. The molecule has 3 heterocycles. The molecule has 1 fully saturated rings. The Hall–Kier alpha value is -3.73. The third-order valence-electron chi connectivity index (χ3n) is 8.06. The normalized spacial score (nSPS) is 17.2. The highest BCUT2D eigenvalue weighted by molar-refractivity contribution is 7.19. The molecule has 40 heavy (non-hydrogen) atoms. The summed E-state index contributed by atoms with van der Waals surface area (Å²) in [6.07, 6.45) is 11.1. The van der Waals surface area contributed by atoms with Crippen LogP contribution in [0.5, 0.6) is 5.75 Å². The van der Waals surface area contributed by atoms with Gasteiger partial charge in [-0.25, -0.2) is 9.97 Å². The van der Waals surface area contributed by atoms with E-state index in [1.807, 2.05) is 26.2 Å². The summed E-state index contributed by atoms with van der Waals surface area (Å²) in [7, 11) is 3.63. The van der Waals surface area contributed by atoms with Gasteiger partial charge in [0, 0.05) is 42.8 Å². The second kappa shape index (κ2) is 11.4.